The number of rotatable bonds is 2. The lowest BCUT2D eigenvalue weighted by molar-refractivity contribution is -0.115. The van der Waals surface area contributed by atoms with Gasteiger partial charge in [-0.1, -0.05) is 0 Å². The van der Waals surface area contributed by atoms with Crippen LogP contribution in [-0.2, 0) is 0 Å². The van der Waals surface area contributed by atoms with Crippen molar-refractivity contribution in [3.05, 3.63) is 28.9 Å². The highest BCUT2D eigenvalue weighted by atomic mass is 79.9. The van der Waals surface area contributed by atoms with Crippen molar-refractivity contribution < 1.29 is 13.2 Å². The van der Waals surface area contributed by atoms with Gasteiger partial charge in [-0.15, -0.1) is 0 Å². The van der Waals surface area contributed by atoms with Crippen LogP contribution < -0.4 is 11.1 Å². The second-order valence-electron chi connectivity index (χ2n) is 3.72. The number of pyridine rings is 1. The Morgan fingerprint density at radius 3 is 2.72 bits per heavy atom. The summed E-state index contributed by atoms with van der Waals surface area (Å²) in [4.78, 5) is 4.09. The molecule has 1 aromatic heterocycles. The van der Waals surface area contributed by atoms with Gasteiger partial charge in [-0.3, -0.25) is 4.98 Å². The monoisotopic (exact) mass is 319 g/mol. The minimum atomic E-state index is -4.27. The van der Waals surface area contributed by atoms with Gasteiger partial charge in [-0.25, -0.2) is 0 Å². The van der Waals surface area contributed by atoms with Gasteiger partial charge in [0.05, 0.1) is 11.2 Å². The number of aromatic nitrogens is 1. The fraction of sp³-hybridized carbons (Fsp3) is 0.182. The van der Waals surface area contributed by atoms with E-state index in [2.05, 4.69) is 26.2 Å². The van der Waals surface area contributed by atoms with E-state index >= 15 is 0 Å². The summed E-state index contributed by atoms with van der Waals surface area (Å²) in [6.45, 7) is -1.11. The third-order valence-corrected chi connectivity index (χ3v) is 2.76. The summed E-state index contributed by atoms with van der Waals surface area (Å²) in [7, 11) is 0. The van der Waals surface area contributed by atoms with Crippen LogP contribution in [0.3, 0.4) is 0 Å². The zero-order chi connectivity index (χ0) is 13.3. The predicted molar refractivity (Wildman–Crippen MR) is 68.4 cm³/mol. The molecule has 1 aromatic carbocycles. The molecule has 0 saturated heterocycles. The first-order valence-corrected chi connectivity index (χ1v) is 5.80. The summed E-state index contributed by atoms with van der Waals surface area (Å²) < 4.78 is 37.2. The van der Waals surface area contributed by atoms with Crippen molar-refractivity contribution in [3.63, 3.8) is 0 Å². The molecule has 1 heterocycles. The van der Waals surface area contributed by atoms with Gasteiger partial charge in [-0.2, -0.15) is 13.2 Å². The average molecular weight is 320 g/mol. The molecule has 0 aliphatic heterocycles. The molecule has 0 fully saturated rings. The molecule has 0 spiro atoms. The van der Waals surface area contributed by atoms with Crippen LogP contribution in [0.1, 0.15) is 0 Å². The van der Waals surface area contributed by atoms with Gasteiger partial charge in [-0.05, 0) is 34.1 Å². The highest BCUT2D eigenvalue weighted by molar-refractivity contribution is 9.10. The largest absolute Gasteiger partial charge is 0.405 e. The lowest BCUT2D eigenvalue weighted by Crippen LogP contribution is -2.21. The number of nitrogen functional groups attached to an aromatic ring is 1. The predicted octanol–water partition coefficient (Wildman–Crippen LogP) is 3.55. The molecule has 3 nitrogen and oxygen atoms in total. The van der Waals surface area contributed by atoms with Crippen molar-refractivity contribution in [2.24, 2.45) is 0 Å². The highest BCUT2D eigenvalue weighted by Gasteiger charge is 2.27. The van der Waals surface area contributed by atoms with E-state index in [1.165, 1.54) is 12.3 Å². The molecule has 2 rings (SSSR count). The Labute approximate surface area is 109 Å². The van der Waals surface area contributed by atoms with Crippen molar-refractivity contribution in [1.82, 2.24) is 4.98 Å². The van der Waals surface area contributed by atoms with E-state index < -0.39 is 12.7 Å². The first-order valence-electron chi connectivity index (χ1n) is 5.01. The first-order chi connectivity index (χ1) is 8.37. The van der Waals surface area contributed by atoms with E-state index in [1.807, 2.05) is 0 Å². The summed E-state index contributed by atoms with van der Waals surface area (Å²) in [6.07, 6.45) is -2.76. The number of anilines is 2. The summed E-state index contributed by atoms with van der Waals surface area (Å²) in [5.74, 6) is 0. The number of fused-ring (bicyclic) bond motifs is 1. The third kappa shape index (κ3) is 2.84. The smallest absolute Gasteiger partial charge is 0.398 e. The standard InChI is InChI=1S/C11H9BrF3N3/c12-6-3-7-8(16)1-2-9(10(7)17-4-6)18-5-11(13,14)15/h1-4,18H,5,16H2. The van der Waals surface area contributed by atoms with Gasteiger partial charge in [0, 0.05) is 21.7 Å². The molecule has 0 amide bonds. The van der Waals surface area contributed by atoms with Crippen molar-refractivity contribution in [2.45, 2.75) is 6.18 Å². The minimum Gasteiger partial charge on any atom is -0.398 e. The first kappa shape index (κ1) is 12.9. The molecular weight excluding hydrogens is 311 g/mol. The minimum absolute atomic E-state index is 0.309. The number of halogens is 4. The topological polar surface area (TPSA) is 50.9 Å². The molecule has 7 heteroatoms. The van der Waals surface area contributed by atoms with Crippen molar-refractivity contribution in [2.75, 3.05) is 17.6 Å². The molecule has 96 valence electrons. The van der Waals surface area contributed by atoms with E-state index in [4.69, 9.17) is 5.73 Å². The number of nitrogens with two attached hydrogens (primary N) is 1. The van der Waals surface area contributed by atoms with Crippen LogP contribution in [0.4, 0.5) is 24.5 Å². The van der Waals surface area contributed by atoms with Crippen LogP contribution in [0.25, 0.3) is 10.9 Å². The lowest BCUT2D eigenvalue weighted by atomic mass is 10.1. The van der Waals surface area contributed by atoms with Crippen LogP contribution in [0.15, 0.2) is 28.9 Å². The Kier molecular flexibility index (Phi) is 3.34. The Morgan fingerprint density at radius 1 is 1.33 bits per heavy atom. The van der Waals surface area contributed by atoms with E-state index in [1.54, 1.807) is 12.1 Å². The maximum Gasteiger partial charge on any atom is 0.405 e. The van der Waals surface area contributed by atoms with Crippen LogP contribution >= 0.6 is 15.9 Å². The average Bonchev–Trinajstić information content (AvgIpc) is 2.27. The number of alkyl halides is 3. The van der Waals surface area contributed by atoms with Gasteiger partial charge in [0.25, 0.3) is 0 Å². The second-order valence-corrected chi connectivity index (χ2v) is 4.64. The molecule has 0 saturated carbocycles. The molecule has 0 aliphatic carbocycles. The van der Waals surface area contributed by atoms with Crippen molar-refractivity contribution in [1.29, 1.82) is 0 Å². The third-order valence-electron chi connectivity index (χ3n) is 2.33. The van der Waals surface area contributed by atoms with Crippen molar-refractivity contribution in [3.8, 4) is 0 Å². The van der Waals surface area contributed by atoms with Crippen LogP contribution in [0, 0.1) is 0 Å². The van der Waals surface area contributed by atoms with Crippen LogP contribution in [0.5, 0.6) is 0 Å². The zero-order valence-corrected chi connectivity index (χ0v) is 10.6. The summed E-state index contributed by atoms with van der Waals surface area (Å²) >= 11 is 3.24. The summed E-state index contributed by atoms with van der Waals surface area (Å²) in [5.41, 5.74) is 6.96. The Balaban J connectivity index is 2.43. The molecule has 2 aromatic rings. The lowest BCUT2D eigenvalue weighted by Gasteiger charge is -2.12. The number of hydrogen-bond acceptors (Lipinski definition) is 3. The van der Waals surface area contributed by atoms with E-state index in [0.717, 1.165) is 4.47 Å². The highest BCUT2D eigenvalue weighted by Crippen LogP contribution is 2.29. The Morgan fingerprint density at radius 2 is 2.06 bits per heavy atom. The number of nitrogens with one attached hydrogen (secondary N) is 1. The Bertz CT molecular complexity index is 583. The van der Waals surface area contributed by atoms with Gasteiger partial charge < -0.3 is 11.1 Å². The second kappa shape index (κ2) is 4.64. The SMILES string of the molecule is Nc1ccc(NCC(F)(F)F)c2ncc(Br)cc12. The molecule has 0 aliphatic rings. The zero-order valence-electron chi connectivity index (χ0n) is 9.05. The molecular formula is C11H9BrF3N3. The molecule has 0 bridgehead atoms. The number of benzene rings is 1. The van der Waals surface area contributed by atoms with Crippen LogP contribution in [0.2, 0.25) is 0 Å². The van der Waals surface area contributed by atoms with Crippen molar-refractivity contribution >= 4 is 38.2 Å². The summed E-state index contributed by atoms with van der Waals surface area (Å²) in [5, 5.41) is 2.92. The fourth-order valence-corrected chi connectivity index (χ4v) is 1.89. The maximum absolute atomic E-state index is 12.2. The van der Waals surface area contributed by atoms with Gasteiger partial charge in [0.1, 0.15) is 6.54 Å². The van der Waals surface area contributed by atoms with E-state index in [9.17, 15) is 13.2 Å². The number of nitrogens with zero attached hydrogens (tertiary/aromatic N) is 1. The van der Waals surface area contributed by atoms with E-state index in [0.29, 0.717) is 22.3 Å². The fourth-order valence-electron chi connectivity index (χ4n) is 1.55. The number of hydrogen-bond donors (Lipinski definition) is 2. The quantitative estimate of drug-likeness (QED) is 0.832. The Hall–Kier alpha value is -1.50. The molecule has 3 N–H and O–H groups in total. The van der Waals surface area contributed by atoms with Gasteiger partial charge in [0.15, 0.2) is 0 Å². The van der Waals surface area contributed by atoms with Gasteiger partial charge >= 0.3 is 6.18 Å². The molecule has 0 radical (unpaired) electrons. The molecule has 18 heavy (non-hydrogen) atoms. The van der Waals surface area contributed by atoms with Gasteiger partial charge in [0.2, 0.25) is 0 Å². The maximum atomic E-state index is 12.2. The summed E-state index contributed by atoms with van der Waals surface area (Å²) in [6, 6.07) is 4.76. The van der Waals surface area contributed by atoms with Crippen LogP contribution in [-0.4, -0.2) is 17.7 Å². The van der Waals surface area contributed by atoms with E-state index in [-0.39, 0.29) is 0 Å². The molecule has 0 atom stereocenters. The normalized spacial score (nSPS) is 11.8. The molecule has 0 unspecified atom stereocenters.